The second-order valence-corrected chi connectivity index (χ2v) is 6.13. The molecule has 8 heteroatoms. The molecule has 0 aliphatic rings. The number of carbonyl (C=O) groups is 1. The highest BCUT2D eigenvalue weighted by Crippen LogP contribution is 2.15. The Kier molecular flexibility index (Phi) is 5.18. The zero-order valence-electron chi connectivity index (χ0n) is 14.9. The second kappa shape index (κ2) is 7.71. The van der Waals surface area contributed by atoms with E-state index in [1.165, 1.54) is 4.90 Å². The number of nitrogens with one attached hydrogen (secondary N) is 2. The standard InChI is InChI=1S/C19H18N6O2/c1-25(2)19(27)12-3-5-14(6-4-12)22-11-17(24-20)15-9-13-7-8-21-10-16(13)23-18(15)26/h3-11,20,22H,1-2H3,(H,23,26)/p+1. The summed E-state index contributed by atoms with van der Waals surface area (Å²) < 4.78 is 0. The van der Waals surface area contributed by atoms with Gasteiger partial charge in [0.25, 0.3) is 11.5 Å². The number of H-pyrrole nitrogens is 1. The van der Waals surface area contributed by atoms with E-state index in [1.54, 1.807) is 74.4 Å². The minimum atomic E-state index is -0.335. The Morgan fingerprint density at radius 1 is 1.26 bits per heavy atom. The molecule has 1 aromatic carbocycles. The summed E-state index contributed by atoms with van der Waals surface area (Å²) in [6, 6.07) is 10.5. The molecule has 0 unspecified atom stereocenters. The van der Waals surface area contributed by atoms with Gasteiger partial charge in [-0.1, -0.05) is 0 Å². The first kappa shape index (κ1) is 18.2. The number of rotatable bonds is 5. The number of nitrogens with zero attached hydrogens (tertiary/aromatic N) is 3. The lowest BCUT2D eigenvalue weighted by Crippen LogP contribution is -2.71. The van der Waals surface area contributed by atoms with E-state index in [2.05, 4.69) is 15.1 Å². The fourth-order valence-electron chi connectivity index (χ4n) is 2.59. The number of carbonyl (C=O) groups excluding carboxylic acids is 1. The normalized spacial score (nSPS) is 11.4. The Balaban J connectivity index is 1.87. The monoisotopic (exact) mass is 363 g/mol. The zero-order chi connectivity index (χ0) is 19.4. The van der Waals surface area contributed by atoms with Crippen molar-refractivity contribution in [3.63, 3.8) is 0 Å². The number of hydrogen-bond acceptors (Lipinski definition) is 5. The van der Waals surface area contributed by atoms with Gasteiger partial charge in [0.15, 0.2) is 5.70 Å². The molecule has 0 spiro atoms. The van der Waals surface area contributed by atoms with Crippen LogP contribution in [0.25, 0.3) is 16.6 Å². The van der Waals surface area contributed by atoms with Crippen LogP contribution >= 0.6 is 0 Å². The maximum Gasteiger partial charge on any atom is 0.258 e. The van der Waals surface area contributed by atoms with Crippen molar-refractivity contribution < 1.29 is 10.1 Å². The number of quaternary nitrogens is 1. The predicted molar refractivity (Wildman–Crippen MR) is 102 cm³/mol. The van der Waals surface area contributed by atoms with Gasteiger partial charge in [-0.15, -0.1) is 0 Å². The van der Waals surface area contributed by atoms with Crippen LogP contribution in [0.4, 0.5) is 5.69 Å². The molecule has 0 fully saturated rings. The lowest BCUT2D eigenvalue weighted by atomic mass is 10.1. The van der Waals surface area contributed by atoms with Gasteiger partial charge in [0.2, 0.25) is 0 Å². The van der Waals surface area contributed by atoms with Crippen LogP contribution in [0.15, 0.2) is 64.9 Å². The summed E-state index contributed by atoms with van der Waals surface area (Å²) in [5.41, 5.74) is 9.68. The lowest BCUT2D eigenvalue weighted by molar-refractivity contribution is -0.495. The van der Waals surface area contributed by atoms with Gasteiger partial charge < -0.3 is 9.88 Å². The van der Waals surface area contributed by atoms with Crippen LogP contribution in [-0.4, -0.2) is 34.9 Å². The van der Waals surface area contributed by atoms with Gasteiger partial charge in [0.1, 0.15) is 11.9 Å². The molecular weight excluding hydrogens is 344 g/mol. The quantitative estimate of drug-likeness (QED) is 0.474. The third-order valence-corrected chi connectivity index (χ3v) is 4.04. The fourth-order valence-corrected chi connectivity index (χ4v) is 2.59. The van der Waals surface area contributed by atoms with E-state index in [-0.39, 0.29) is 17.2 Å². The summed E-state index contributed by atoms with van der Waals surface area (Å²) in [4.78, 5) is 32.5. The molecule has 8 nitrogen and oxygen atoms in total. The molecule has 0 bridgehead atoms. The minimum absolute atomic E-state index is 0.0730. The van der Waals surface area contributed by atoms with E-state index >= 15 is 0 Å². The maximum absolute atomic E-state index is 12.3. The number of nitrogens with two attached hydrogens (primary N) is 1. The average Bonchev–Trinajstić information content (AvgIpc) is 2.68. The van der Waals surface area contributed by atoms with Gasteiger partial charge in [-0.05, 0) is 24.3 Å². The largest absolute Gasteiger partial charge is 0.345 e. The van der Waals surface area contributed by atoms with Crippen molar-refractivity contribution in [1.82, 2.24) is 14.9 Å². The molecular formula is C19H19N6O2+. The van der Waals surface area contributed by atoms with Crippen molar-refractivity contribution in [3.8, 4) is 0 Å². The molecule has 4 N–H and O–H groups in total. The number of pyridine rings is 2. The van der Waals surface area contributed by atoms with Gasteiger partial charge in [-0.2, -0.15) is 5.11 Å². The Hall–Kier alpha value is -3.65. The molecule has 2 heterocycles. The summed E-state index contributed by atoms with van der Waals surface area (Å²) in [5.74, 6) is -0.0730. The van der Waals surface area contributed by atoms with E-state index in [0.29, 0.717) is 16.6 Å². The third kappa shape index (κ3) is 3.96. The van der Waals surface area contributed by atoms with Crippen LogP contribution in [0, 0.1) is 5.53 Å². The number of hydrogen-bond donors (Lipinski definition) is 3. The Morgan fingerprint density at radius 2 is 2.00 bits per heavy atom. The van der Waals surface area contributed by atoms with Gasteiger partial charge in [-0.3, -0.25) is 19.9 Å². The number of benzene rings is 1. The van der Waals surface area contributed by atoms with Crippen molar-refractivity contribution in [1.29, 1.82) is 5.53 Å². The number of aromatic amines is 1. The highest BCUT2D eigenvalue weighted by Gasteiger charge is 2.11. The van der Waals surface area contributed by atoms with Crippen LogP contribution in [0.3, 0.4) is 0 Å². The summed E-state index contributed by atoms with van der Waals surface area (Å²) in [7, 11) is 3.40. The highest BCUT2D eigenvalue weighted by atomic mass is 16.2. The molecule has 27 heavy (non-hydrogen) atoms. The number of aromatic nitrogens is 2. The molecule has 3 rings (SSSR count). The van der Waals surface area contributed by atoms with E-state index in [4.69, 9.17) is 5.53 Å². The predicted octanol–water partition coefficient (Wildman–Crippen LogP) is 1.85. The van der Waals surface area contributed by atoms with Crippen LogP contribution in [0.5, 0.6) is 0 Å². The molecule has 1 amide bonds. The van der Waals surface area contributed by atoms with E-state index in [9.17, 15) is 9.59 Å². The lowest BCUT2D eigenvalue weighted by Gasteiger charge is -2.09. The molecule has 0 radical (unpaired) electrons. The van der Waals surface area contributed by atoms with Crippen LogP contribution in [0.2, 0.25) is 0 Å². The summed E-state index contributed by atoms with van der Waals surface area (Å²) in [5, 5.41) is 6.04. The Labute approximate surface area is 155 Å². The molecule has 0 saturated carbocycles. The third-order valence-electron chi connectivity index (χ3n) is 4.04. The van der Waals surface area contributed by atoms with Gasteiger partial charge >= 0.3 is 0 Å². The van der Waals surface area contributed by atoms with Crippen LogP contribution in [-0.2, 0) is 0 Å². The summed E-state index contributed by atoms with van der Waals surface area (Å²) in [6.07, 6.45) is 4.81. The fraction of sp³-hybridized carbons (Fsp3) is 0.105. The summed E-state index contributed by atoms with van der Waals surface area (Å²) >= 11 is 0. The molecule has 0 aliphatic carbocycles. The smallest absolute Gasteiger partial charge is 0.258 e. The molecule has 0 atom stereocenters. The van der Waals surface area contributed by atoms with Gasteiger partial charge in [0.05, 0.1) is 17.3 Å². The first-order valence-corrected chi connectivity index (χ1v) is 8.21. The van der Waals surface area contributed by atoms with Crippen molar-refractivity contribution >= 4 is 28.2 Å². The molecule has 2 aromatic heterocycles. The van der Waals surface area contributed by atoms with Crippen molar-refractivity contribution in [3.05, 3.63) is 76.5 Å². The molecule has 3 aromatic rings. The van der Waals surface area contributed by atoms with E-state index in [0.717, 1.165) is 11.1 Å². The van der Waals surface area contributed by atoms with Crippen LogP contribution in [0.1, 0.15) is 15.9 Å². The Morgan fingerprint density at radius 3 is 2.67 bits per heavy atom. The van der Waals surface area contributed by atoms with Gasteiger partial charge in [0, 0.05) is 43.4 Å². The molecule has 0 aliphatic heterocycles. The van der Waals surface area contributed by atoms with Gasteiger partial charge in [-0.25, -0.2) is 5.53 Å². The number of fused-ring (bicyclic) bond motifs is 1. The zero-order valence-corrected chi connectivity index (χ0v) is 14.9. The van der Waals surface area contributed by atoms with E-state index < -0.39 is 0 Å². The summed E-state index contributed by atoms with van der Waals surface area (Å²) in [6.45, 7) is 0. The van der Waals surface area contributed by atoms with Crippen molar-refractivity contribution in [2.45, 2.75) is 0 Å². The van der Waals surface area contributed by atoms with Crippen molar-refractivity contribution in [2.75, 3.05) is 14.1 Å². The highest BCUT2D eigenvalue weighted by molar-refractivity contribution is 5.94. The Bertz CT molecular complexity index is 1080. The second-order valence-electron chi connectivity index (χ2n) is 6.13. The maximum atomic E-state index is 12.3. The average molecular weight is 363 g/mol. The van der Waals surface area contributed by atoms with E-state index in [1.807, 2.05) is 0 Å². The first-order chi connectivity index (χ1) is 13.0. The first-order valence-electron chi connectivity index (χ1n) is 8.21. The van der Waals surface area contributed by atoms with Crippen molar-refractivity contribution in [2.24, 2.45) is 5.11 Å². The SMILES string of the molecule is CN(C)C(=O)c1ccc([NH2+]C=C(N=N)c2cc3ccncc3[nH]c2=O)cc1. The molecule has 136 valence electrons. The van der Waals surface area contributed by atoms with Crippen LogP contribution < -0.4 is 10.9 Å². The molecule has 0 saturated heterocycles. The minimum Gasteiger partial charge on any atom is -0.345 e. The number of amides is 1. The topological polar surface area (TPSA) is 119 Å².